The first-order valence-corrected chi connectivity index (χ1v) is 10.7. The standard InChI is InChI=1S/C20H34O.C2H6/c1-16-11-13-19(14-12-16)20(18-9-5-10-18)21-15-3-2-6-17-7-4-8-17;1-2/h16-17,19H,2-15H2,1H3;1-2H3. The van der Waals surface area contributed by atoms with Crippen LogP contribution in [-0.4, -0.2) is 6.61 Å². The fraction of sp³-hybridized carbons (Fsp3) is 0.909. The van der Waals surface area contributed by atoms with Crippen molar-refractivity contribution in [3.8, 4) is 0 Å². The second-order valence-corrected chi connectivity index (χ2v) is 7.92. The molecule has 0 amide bonds. The number of unbranched alkanes of at least 4 members (excludes halogenated alkanes) is 1. The minimum Gasteiger partial charge on any atom is -0.498 e. The van der Waals surface area contributed by atoms with Gasteiger partial charge in [0.25, 0.3) is 0 Å². The highest BCUT2D eigenvalue weighted by molar-refractivity contribution is 5.17. The van der Waals surface area contributed by atoms with Crippen LogP contribution in [-0.2, 0) is 4.74 Å². The molecule has 0 spiro atoms. The lowest BCUT2D eigenvalue weighted by Crippen LogP contribution is -2.19. The molecule has 23 heavy (non-hydrogen) atoms. The van der Waals surface area contributed by atoms with Gasteiger partial charge >= 0.3 is 0 Å². The summed E-state index contributed by atoms with van der Waals surface area (Å²) in [6.07, 6.45) is 18.2. The van der Waals surface area contributed by atoms with E-state index in [2.05, 4.69) is 6.92 Å². The average Bonchev–Trinajstić information content (AvgIpc) is 2.49. The molecule has 1 nitrogen and oxygen atoms in total. The van der Waals surface area contributed by atoms with Crippen LogP contribution in [0.4, 0.5) is 0 Å². The van der Waals surface area contributed by atoms with E-state index in [9.17, 15) is 0 Å². The Labute approximate surface area is 145 Å². The fourth-order valence-electron chi connectivity index (χ4n) is 4.13. The SMILES string of the molecule is CC.CC1CCC(C(OCCCCC2CCC2)=C2CCC2)CC1. The molecule has 3 saturated carbocycles. The Morgan fingerprint density at radius 3 is 2.13 bits per heavy atom. The highest BCUT2D eigenvalue weighted by Gasteiger charge is 2.27. The van der Waals surface area contributed by atoms with Crippen molar-refractivity contribution in [2.75, 3.05) is 6.61 Å². The summed E-state index contributed by atoms with van der Waals surface area (Å²) in [5.74, 6) is 4.23. The lowest BCUT2D eigenvalue weighted by molar-refractivity contribution is 0.137. The molecule has 3 rings (SSSR count). The first kappa shape index (κ1) is 18.9. The molecule has 0 unspecified atom stereocenters. The molecule has 0 aromatic rings. The van der Waals surface area contributed by atoms with Gasteiger partial charge in [-0.25, -0.2) is 0 Å². The molecule has 3 aliphatic rings. The smallest absolute Gasteiger partial charge is 0.0982 e. The van der Waals surface area contributed by atoms with Crippen LogP contribution in [0, 0.1) is 17.8 Å². The molecular weight excluding hydrogens is 280 g/mol. The zero-order valence-corrected chi connectivity index (χ0v) is 16.0. The number of allylic oxidation sites excluding steroid dienone is 2. The van der Waals surface area contributed by atoms with Crippen LogP contribution < -0.4 is 0 Å². The van der Waals surface area contributed by atoms with Crippen LogP contribution in [0.3, 0.4) is 0 Å². The van der Waals surface area contributed by atoms with Crippen LogP contribution in [0.2, 0.25) is 0 Å². The van der Waals surface area contributed by atoms with E-state index in [1.165, 1.54) is 89.2 Å². The first-order valence-electron chi connectivity index (χ1n) is 10.7. The van der Waals surface area contributed by atoms with E-state index >= 15 is 0 Å². The monoisotopic (exact) mass is 320 g/mol. The molecule has 0 saturated heterocycles. The lowest BCUT2D eigenvalue weighted by atomic mass is 9.78. The lowest BCUT2D eigenvalue weighted by Gasteiger charge is -2.32. The number of hydrogen-bond acceptors (Lipinski definition) is 1. The Morgan fingerprint density at radius 2 is 1.61 bits per heavy atom. The topological polar surface area (TPSA) is 9.23 Å². The molecule has 0 aliphatic heterocycles. The van der Waals surface area contributed by atoms with E-state index in [0.29, 0.717) is 0 Å². The van der Waals surface area contributed by atoms with Gasteiger partial charge in [0.2, 0.25) is 0 Å². The normalized spacial score (nSPS) is 27.3. The summed E-state index contributed by atoms with van der Waals surface area (Å²) in [5.41, 5.74) is 1.67. The van der Waals surface area contributed by atoms with Crippen molar-refractivity contribution < 1.29 is 4.74 Å². The Bertz CT molecular complexity index is 339. The highest BCUT2D eigenvalue weighted by Crippen LogP contribution is 2.40. The van der Waals surface area contributed by atoms with Gasteiger partial charge in [0, 0.05) is 5.92 Å². The largest absolute Gasteiger partial charge is 0.498 e. The van der Waals surface area contributed by atoms with E-state index in [1.54, 1.807) is 5.57 Å². The molecule has 0 aromatic heterocycles. The van der Waals surface area contributed by atoms with Crippen LogP contribution in [0.25, 0.3) is 0 Å². The van der Waals surface area contributed by atoms with E-state index in [1.807, 2.05) is 13.8 Å². The summed E-state index contributed by atoms with van der Waals surface area (Å²) in [6, 6.07) is 0. The van der Waals surface area contributed by atoms with Gasteiger partial charge in [-0.2, -0.15) is 0 Å². The third-order valence-electron chi connectivity index (χ3n) is 6.18. The molecule has 0 bridgehead atoms. The third-order valence-corrected chi connectivity index (χ3v) is 6.18. The average molecular weight is 321 g/mol. The van der Waals surface area contributed by atoms with Crippen LogP contribution in [0.5, 0.6) is 0 Å². The van der Waals surface area contributed by atoms with Gasteiger partial charge in [-0.05, 0) is 62.4 Å². The van der Waals surface area contributed by atoms with E-state index < -0.39 is 0 Å². The summed E-state index contributed by atoms with van der Waals surface area (Å²) in [5, 5.41) is 0. The molecule has 134 valence electrons. The fourth-order valence-corrected chi connectivity index (χ4v) is 4.13. The summed E-state index contributed by atoms with van der Waals surface area (Å²) < 4.78 is 6.33. The molecule has 0 heterocycles. The number of rotatable bonds is 7. The van der Waals surface area contributed by atoms with E-state index in [0.717, 1.165) is 24.4 Å². The van der Waals surface area contributed by atoms with Gasteiger partial charge in [0.1, 0.15) is 0 Å². The van der Waals surface area contributed by atoms with Crippen LogP contribution in [0.1, 0.15) is 104 Å². The zero-order valence-electron chi connectivity index (χ0n) is 16.0. The second kappa shape index (κ2) is 10.4. The number of hydrogen-bond donors (Lipinski definition) is 0. The molecule has 0 atom stereocenters. The zero-order chi connectivity index (χ0) is 16.5. The molecule has 0 N–H and O–H groups in total. The Kier molecular flexibility index (Phi) is 8.55. The number of ether oxygens (including phenoxy) is 1. The molecule has 3 aliphatic carbocycles. The Hall–Kier alpha value is -0.460. The van der Waals surface area contributed by atoms with Crippen molar-refractivity contribution in [1.29, 1.82) is 0 Å². The maximum Gasteiger partial charge on any atom is 0.0982 e. The van der Waals surface area contributed by atoms with Crippen molar-refractivity contribution in [1.82, 2.24) is 0 Å². The molecule has 3 fully saturated rings. The van der Waals surface area contributed by atoms with Crippen LogP contribution >= 0.6 is 0 Å². The Balaban J connectivity index is 0.000000924. The first-order chi connectivity index (χ1) is 11.3. The molecular formula is C22H40O. The quantitative estimate of drug-likeness (QED) is 0.354. The maximum absolute atomic E-state index is 6.33. The van der Waals surface area contributed by atoms with E-state index in [-0.39, 0.29) is 0 Å². The predicted molar refractivity (Wildman–Crippen MR) is 100 cm³/mol. The van der Waals surface area contributed by atoms with E-state index in [4.69, 9.17) is 4.74 Å². The molecule has 0 radical (unpaired) electrons. The minimum absolute atomic E-state index is 0.767. The van der Waals surface area contributed by atoms with Gasteiger partial charge in [0.15, 0.2) is 0 Å². The van der Waals surface area contributed by atoms with Crippen molar-refractivity contribution in [3.63, 3.8) is 0 Å². The summed E-state index contributed by atoms with van der Waals surface area (Å²) in [6.45, 7) is 7.39. The maximum atomic E-state index is 6.33. The molecule has 0 aromatic carbocycles. The third kappa shape index (κ3) is 5.84. The highest BCUT2D eigenvalue weighted by atomic mass is 16.5. The van der Waals surface area contributed by atoms with Gasteiger partial charge in [0.05, 0.1) is 12.4 Å². The van der Waals surface area contributed by atoms with Crippen molar-refractivity contribution in [2.24, 2.45) is 17.8 Å². The minimum atomic E-state index is 0.767. The van der Waals surface area contributed by atoms with Gasteiger partial charge in [-0.3, -0.25) is 0 Å². The predicted octanol–water partition coefficient (Wildman–Crippen LogP) is 7.26. The van der Waals surface area contributed by atoms with Crippen molar-refractivity contribution in [2.45, 2.75) is 104 Å². The summed E-state index contributed by atoms with van der Waals surface area (Å²) >= 11 is 0. The van der Waals surface area contributed by atoms with Crippen molar-refractivity contribution in [3.05, 3.63) is 11.3 Å². The van der Waals surface area contributed by atoms with Gasteiger partial charge < -0.3 is 4.74 Å². The van der Waals surface area contributed by atoms with Gasteiger partial charge in [-0.15, -0.1) is 0 Å². The summed E-state index contributed by atoms with van der Waals surface area (Å²) in [7, 11) is 0. The Morgan fingerprint density at radius 1 is 0.913 bits per heavy atom. The molecule has 1 heteroatoms. The van der Waals surface area contributed by atoms with Crippen LogP contribution in [0.15, 0.2) is 11.3 Å². The summed E-state index contributed by atoms with van der Waals surface area (Å²) in [4.78, 5) is 0. The van der Waals surface area contributed by atoms with Crippen molar-refractivity contribution >= 4 is 0 Å². The van der Waals surface area contributed by atoms with Gasteiger partial charge in [-0.1, -0.05) is 59.3 Å². The second-order valence-electron chi connectivity index (χ2n) is 7.92.